The monoisotopic (exact) mass is 632 g/mol. The third-order valence-electron chi connectivity index (χ3n) is 9.30. The van der Waals surface area contributed by atoms with E-state index in [9.17, 15) is 0 Å². The zero-order valence-electron chi connectivity index (χ0n) is 25.7. The first kappa shape index (κ1) is 29.9. The Kier molecular flexibility index (Phi) is 9.90. The van der Waals surface area contributed by atoms with Gasteiger partial charge in [-0.3, -0.25) is 0 Å². The SMILES string of the molecule is [CH3][Ge]([CH2]C(c1ccccc1)c1ccccc1)([CH2]C(c1ccccc1)c1ccccc1)[CH2]C(c1ccccc1)c1ccccc1. The molecule has 6 aromatic rings. The molecule has 0 amide bonds. The van der Waals surface area contributed by atoms with Crippen molar-refractivity contribution in [2.75, 3.05) is 0 Å². The fraction of sp³-hybridized carbons (Fsp3) is 0.163. The Bertz CT molecular complexity index is 1340. The standard InChI is InChI=1S/C43H42Ge/c1-44(32-41(35-20-8-2-9-21-35)36-22-10-3-11-23-36,33-42(37-24-12-4-13-25-37)38-26-14-5-15-27-38)34-43(39-28-16-6-17-29-39)40-30-18-7-19-31-40/h2-31,41-43H,32-34H2,1H3. The summed E-state index contributed by atoms with van der Waals surface area (Å²) in [5, 5.41) is 3.71. The van der Waals surface area contributed by atoms with Crippen LogP contribution in [0.25, 0.3) is 0 Å². The van der Waals surface area contributed by atoms with E-state index in [4.69, 9.17) is 0 Å². The van der Waals surface area contributed by atoms with Crippen LogP contribution in [0.4, 0.5) is 0 Å². The summed E-state index contributed by atoms with van der Waals surface area (Å²) in [6.07, 6.45) is 0. The second kappa shape index (κ2) is 14.6. The van der Waals surface area contributed by atoms with Gasteiger partial charge < -0.3 is 0 Å². The Balaban J connectivity index is 1.48. The predicted octanol–water partition coefficient (Wildman–Crippen LogP) is 11.6. The molecule has 0 aliphatic rings. The zero-order chi connectivity index (χ0) is 30.0. The Morgan fingerprint density at radius 2 is 0.455 bits per heavy atom. The van der Waals surface area contributed by atoms with E-state index in [1.165, 1.54) is 49.1 Å². The van der Waals surface area contributed by atoms with Gasteiger partial charge in [0, 0.05) is 0 Å². The van der Waals surface area contributed by atoms with Gasteiger partial charge in [-0.05, 0) is 0 Å². The van der Waals surface area contributed by atoms with Crippen LogP contribution in [0.5, 0.6) is 0 Å². The minimum atomic E-state index is -2.74. The van der Waals surface area contributed by atoms with Crippen molar-refractivity contribution in [1.82, 2.24) is 0 Å². The summed E-state index contributed by atoms with van der Waals surface area (Å²) in [5.74, 6) is 3.88. The van der Waals surface area contributed by atoms with Crippen molar-refractivity contribution in [2.45, 2.75) is 39.3 Å². The van der Waals surface area contributed by atoms with Gasteiger partial charge in [0.05, 0.1) is 0 Å². The normalized spacial score (nSPS) is 11.7. The molecule has 0 aromatic heterocycles. The van der Waals surface area contributed by atoms with Crippen molar-refractivity contribution in [2.24, 2.45) is 0 Å². The molecular formula is C43H42Ge. The molecule has 0 spiro atoms. The third-order valence-corrected chi connectivity index (χ3v) is 18.1. The molecule has 0 fully saturated rings. The van der Waals surface area contributed by atoms with Crippen molar-refractivity contribution < 1.29 is 0 Å². The van der Waals surface area contributed by atoms with Gasteiger partial charge in [0.2, 0.25) is 0 Å². The second-order valence-electron chi connectivity index (χ2n) is 12.5. The molecule has 0 radical (unpaired) electrons. The van der Waals surface area contributed by atoms with E-state index < -0.39 is 13.3 Å². The maximum atomic E-state index is 2.75. The molecule has 6 aromatic carbocycles. The maximum absolute atomic E-state index is 2.75. The van der Waals surface area contributed by atoms with Crippen molar-refractivity contribution in [3.8, 4) is 0 Å². The molecule has 44 heavy (non-hydrogen) atoms. The van der Waals surface area contributed by atoms with Gasteiger partial charge in [-0.1, -0.05) is 0 Å². The average Bonchev–Trinajstić information content (AvgIpc) is 3.11. The molecule has 1 heteroatoms. The molecule has 0 saturated heterocycles. The van der Waals surface area contributed by atoms with E-state index in [2.05, 4.69) is 188 Å². The van der Waals surface area contributed by atoms with E-state index >= 15 is 0 Å². The van der Waals surface area contributed by atoms with Crippen molar-refractivity contribution in [1.29, 1.82) is 0 Å². The summed E-state index contributed by atoms with van der Waals surface area (Å²) >= 11 is -2.74. The van der Waals surface area contributed by atoms with E-state index in [0.29, 0.717) is 17.8 Å². The van der Waals surface area contributed by atoms with E-state index in [0.717, 1.165) is 0 Å². The van der Waals surface area contributed by atoms with Gasteiger partial charge >= 0.3 is 268 Å². The van der Waals surface area contributed by atoms with E-state index in [1.807, 2.05) is 0 Å². The van der Waals surface area contributed by atoms with Crippen LogP contribution < -0.4 is 0 Å². The number of rotatable bonds is 12. The first-order chi connectivity index (χ1) is 21.7. The van der Waals surface area contributed by atoms with Crippen LogP contribution in [-0.2, 0) is 0 Å². The van der Waals surface area contributed by atoms with Crippen molar-refractivity contribution in [3.63, 3.8) is 0 Å². The molecule has 0 N–H and O–H groups in total. The topological polar surface area (TPSA) is 0 Å². The van der Waals surface area contributed by atoms with Crippen LogP contribution in [0.2, 0.25) is 21.5 Å². The summed E-state index contributed by atoms with van der Waals surface area (Å²) in [5.41, 5.74) is 8.60. The van der Waals surface area contributed by atoms with E-state index in [-0.39, 0.29) is 0 Å². The Morgan fingerprint density at radius 1 is 0.295 bits per heavy atom. The minimum absolute atomic E-state index is 0.377. The van der Waals surface area contributed by atoms with Gasteiger partial charge in [0.25, 0.3) is 0 Å². The Morgan fingerprint density at radius 3 is 0.614 bits per heavy atom. The molecule has 0 bridgehead atoms. The molecule has 0 aliphatic heterocycles. The average molecular weight is 631 g/mol. The van der Waals surface area contributed by atoms with Gasteiger partial charge in [0.15, 0.2) is 0 Å². The second-order valence-corrected chi connectivity index (χ2v) is 22.7. The summed E-state index contributed by atoms with van der Waals surface area (Å²) in [6, 6.07) is 67.6. The predicted molar refractivity (Wildman–Crippen MR) is 190 cm³/mol. The van der Waals surface area contributed by atoms with Crippen LogP contribution in [0, 0.1) is 0 Å². The molecule has 0 unspecified atom stereocenters. The van der Waals surface area contributed by atoms with Gasteiger partial charge in [-0.15, -0.1) is 0 Å². The van der Waals surface area contributed by atoms with Gasteiger partial charge in [0.1, 0.15) is 0 Å². The molecule has 218 valence electrons. The van der Waals surface area contributed by atoms with E-state index in [1.54, 1.807) is 0 Å². The molecular weight excluding hydrogens is 589 g/mol. The van der Waals surface area contributed by atoms with Gasteiger partial charge in [-0.2, -0.15) is 0 Å². The Labute approximate surface area is 266 Å². The number of benzene rings is 6. The summed E-state index contributed by atoms with van der Waals surface area (Å²) in [7, 11) is 0. The fourth-order valence-electron chi connectivity index (χ4n) is 7.12. The van der Waals surface area contributed by atoms with Gasteiger partial charge in [-0.25, -0.2) is 0 Å². The zero-order valence-corrected chi connectivity index (χ0v) is 27.8. The molecule has 6 rings (SSSR count). The molecule has 0 aliphatic carbocycles. The number of hydrogen-bond donors (Lipinski definition) is 0. The van der Waals surface area contributed by atoms with Crippen LogP contribution in [0.3, 0.4) is 0 Å². The van der Waals surface area contributed by atoms with Crippen LogP contribution in [0.1, 0.15) is 51.1 Å². The third kappa shape index (κ3) is 7.49. The first-order valence-electron chi connectivity index (χ1n) is 16.0. The van der Waals surface area contributed by atoms with Crippen molar-refractivity contribution >= 4 is 13.3 Å². The van der Waals surface area contributed by atoms with Crippen LogP contribution >= 0.6 is 0 Å². The molecule has 0 heterocycles. The number of hydrogen-bond acceptors (Lipinski definition) is 0. The van der Waals surface area contributed by atoms with Crippen molar-refractivity contribution in [3.05, 3.63) is 215 Å². The summed E-state index contributed by atoms with van der Waals surface area (Å²) < 4.78 is 0. The molecule has 0 nitrogen and oxygen atoms in total. The molecule has 0 atom stereocenters. The summed E-state index contributed by atoms with van der Waals surface area (Å²) in [6.45, 7) is 0. The first-order valence-corrected chi connectivity index (χ1v) is 22.5. The quantitative estimate of drug-likeness (QED) is 0.118. The Hall–Kier alpha value is -4.14. The fourth-order valence-corrected chi connectivity index (χ4v) is 17.3. The summed E-state index contributed by atoms with van der Waals surface area (Å²) in [4.78, 5) is 0. The van der Waals surface area contributed by atoms with Crippen LogP contribution in [-0.4, -0.2) is 13.3 Å². The molecule has 0 saturated carbocycles. The van der Waals surface area contributed by atoms with Crippen LogP contribution in [0.15, 0.2) is 182 Å².